The van der Waals surface area contributed by atoms with Gasteiger partial charge >= 0.3 is 0 Å². The zero-order chi connectivity index (χ0) is 25.2. The van der Waals surface area contributed by atoms with Gasteiger partial charge in [0.2, 0.25) is 5.89 Å². The largest absolute Gasteiger partial charge is 0.439 e. The maximum Gasteiger partial charge on any atom is 0.209 e. The van der Waals surface area contributed by atoms with Crippen LogP contribution in [0.5, 0.6) is 0 Å². The molecule has 2 aromatic heterocycles. The van der Waals surface area contributed by atoms with Crippen molar-refractivity contribution in [1.29, 1.82) is 0 Å². The van der Waals surface area contributed by atoms with Gasteiger partial charge in [0.1, 0.15) is 17.0 Å². The van der Waals surface area contributed by atoms with Crippen LogP contribution in [0.2, 0.25) is 0 Å². The maximum atomic E-state index is 15.8. The Bertz CT molecular complexity index is 1420. The lowest BCUT2D eigenvalue weighted by Gasteiger charge is -2.43. The van der Waals surface area contributed by atoms with E-state index in [2.05, 4.69) is 32.8 Å². The first-order chi connectivity index (χ1) is 17.2. The Labute approximate surface area is 208 Å². The summed E-state index contributed by atoms with van der Waals surface area (Å²) in [4.78, 5) is 12.3. The number of benzene rings is 2. The Morgan fingerprint density at radius 1 is 1.19 bits per heavy atom. The van der Waals surface area contributed by atoms with Crippen molar-refractivity contribution < 1.29 is 17.6 Å². The molecule has 6 rings (SSSR count). The van der Waals surface area contributed by atoms with Crippen molar-refractivity contribution in [3.05, 3.63) is 64.9 Å². The third kappa shape index (κ3) is 4.10. The highest BCUT2D eigenvalue weighted by Crippen LogP contribution is 2.43. The first-order valence-corrected chi connectivity index (χ1v) is 12.6. The number of hydrogen-bond donors (Lipinski definition) is 1. The minimum atomic E-state index is -1.45. The molecule has 0 radical (unpaired) electrons. The van der Waals surface area contributed by atoms with Crippen LogP contribution >= 0.6 is 0 Å². The van der Waals surface area contributed by atoms with Gasteiger partial charge in [-0.25, -0.2) is 13.8 Å². The van der Waals surface area contributed by atoms with E-state index in [1.54, 1.807) is 19.9 Å². The standard InChI is InChI=1S/C28H31F3N4O/c1-16-8-19-18-6-4-5-7-22(18)33-26(19)27(35(16)15-28(2,3)31)20-9-23-24(10-21(20)30)36-25(32-23)14-34-12-17(11-29)13-34/h4-7,9-10,16-17,27,33H,8,11-15H2,1-3H3/t16-,27-/m1/s1. The number of nitrogens with one attached hydrogen (secondary N) is 1. The predicted molar refractivity (Wildman–Crippen MR) is 134 cm³/mol. The second-order valence-corrected chi connectivity index (χ2v) is 11.1. The molecule has 1 saturated heterocycles. The molecule has 0 saturated carbocycles. The highest BCUT2D eigenvalue weighted by Gasteiger charge is 2.40. The lowest BCUT2D eigenvalue weighted by Crippen LogP contribution is -2.48. The molecule has 1 N–H and O–H groups in total. The van der Waals surface area contributed by atoms with E-state index in [9.17, 15) is 8.78 Å². The Kier molecular flexibility index (Phi) is 5.64. The van der Waals surface area contributed by atoms with Gasteiger partial charge in [-0.2, -0.15) is 0 Å². The molecule has 4 heterocycles. The second kappa shape index (κ2) is 8.63. The van der Waals surface area contributed by atoms with E-state index in [0.717, 1.165) is 28.6 Å². The molecular formula is C28H31F3N4O. The highest BCUT2D eigenvalue weighted by molar-refractivity contribution is 5.85. The van der Waals surface area contributed by atoms with Gasteiger partial charge in [-0.3, -0.25) is 14.2 Å². The fraction of sp³-hybridized carbons (Fsp3) is 0.464. The Morgan fingerprint density at radius 2 is 1.97 bits per heavy atom. The van der Waals surface area contributed by atoms with Gasteiger partial charge in [-0.15, -0.1) is 0 Å². The van der Waals surface area contributed by atoms with E-state index in [1.807, 2.05) is 18.2 Å². The summed E-state index contributed by atoms with van der Waals surface area (Å²) in [6.07, 6.45) is 0.750. The van der Waals surface area contributed by atoms with E-state index in [0.29, 0.717) is 42.2 Å². The van der Waals surface area contributed by atoms with Crippen LogP contribution in [0.4, 0.5) is 13.2 Å². The molecule has 0 unspecified atom stereocenters. The maximum absolute atomic E-state index is 15.8. The summed E-state index contributed by atoms with van der Waals surface area (Å²) in [5.41, 5.74) is 2.99. The summed E-state index contributed by atoms with van der Waals surface area (Å²) >= 11 is 0. The molecule has 8 heteroatoms. The zero-order valence-electron chi connectivity index (χ0n) is 20.8. The Balaban J connectivity index is 1.43. The van der Waals surface area contributed by atoms with Gasteiger partial charge in [0.05, 0.1) is 19.3 Å². The molecule has 4 aromatic rings. The summed E-state index contributed by atoms with van der Waals surface area (Å²) in [5.74, 6) is 0.156. The number of halogens is 3. The van der Waals surface area contributed by atoms with E-state index in [-0.39, 0.29) is 25.2 Å². The van der Waals surface area contributed by atoms with Crippen LogP contribution in [-0.4, -0.2) is 57.8 Å². The first kappa shape index (κ1) is 23.6. The summed E-state index contributed by atoms with van der Waals surface area (Å²) in [6.45, 7) is 6.86. The molecule has 1 fully saturated rings. The molecule has 36 heavy (non-hydrogen) atoms. The number of likely N-dealkylation sites (tertiary alicyclic amines) is 1. The highest BCUT2D eigenvalue weighted by atomic mass is 19.1. The minimum Gasteiger partial charge on any atom is -0.439 e. The van der Waals surface area contributed by atoms with Crippen molar-refractivity contribution in [3.63, 3.8) is 0 Å². The molecular weight excluding hydrogens is 465 g/mol. The number of alkyl halides is 2. The molecule has 2 atom stereocenters. The Hall–Kier alpha value is -2.84. The number of nitrogens with zero attached hydrogens (tertiary/aromatic N) is 3. The quantitative estimate of drug-likeness (QED) is 0.359. The number of fused-ring (bicyclic) bond motifs is 4. The molecule has 0 bridgehead atoms. The summed E-state index contributed by atoms with van der Waals surface area (Å²) in [6, 6.07) is 10.7. The summed E-state index contributed by atoms with van der Waals surface area (Å²) in [7, 11) is 0. The lowest BCUT2D eigenvalue weighted by molar-refractivity contribution is 0.0656. The topological polar surface area (TPSA) is 48.3 Å². The van der Waals surface area contributed by atoms with Gasteiger partial charge in [-0.05, 0) is 44.9 Å². The fourth-order valence-electron chi connectivity index (χ4n) is 5.91. The van der Waals surface area contributed by atoms with Crippen LogP contribution in [-0.2, 0) is 13.0 Å². The predicted octanol–water partition coefficient (Wildman–Crippen LogP) is 5.93. The molecule has 0 aliphatic carbocycles. The average Bonchev–Trinajstić information content (AvgIpc) is 3.35. The van der Waals surface area contributed by atoms with Crippen LogP contribution < -0.4 is 0 Å². The molecule has 0 spiro atoms. The molecule has 2 aliphatic rings. The third-order valence-electron chi connectivity index (χ3n) is 7.53. The normalized spacial score (nSPS) is 21.8. The van der Waals surface area contributed by atoms with E-state index in [4.69, 9.17) is 4.42 Å². The monoisotopic (exact) mass is 496 g/mol. The second-order valence-electron chi connectivity index (χ2n) is 11.1. The van der Waals surface area contributed by atoms with E-state index >= 15 is 4.39 Å². The molecule has 2 aromatic carbocycles. The van der Waals surface area contributed by atoms with Crippen molar-refractivity contribution in [2.75, 3.05) is 26.3 Å². The molecule has 2 aliphatic heterocycles. The van der Waals surface area contributed by atoms with Crippen LogP contribution in [0.15, 0.2) is 40.8 Å². The molecule has 0 amide bonds. The van der Waals surface area contributed by atoms with Crippen molar-refractivity contribution in [3.8, 4) is 0 Å². The number of hydrogen-bond acceptors (Lipinski definition) is 4. The van der Waals surface area contributed by atoms with E-state index in [1.165, 1.54) is 6.07 Å². The van der Waals surface area contributed by atoms with Gasteiger partial charge in [-0.1, -0.05) is 18.2 Å². The first-order valence-electron chi connectivity index (χ1n) is 12.6. The van der Waals surface area contributed by atoms with Crippen molar-refractivity contribution in [1.82, 2.24) is 19.8 Å². The van der Waals surface area contributed by atoms with Gasteiger partial charge in [0.25, 0.3) is 0 Å². The van der Waals surface area contributed by atoms with Crippen LogP contribution in [0, 0.1) is 11.7 Å². The molecule has 5 nitrogen and oxygen atoms in total. The fourth-order valence-corrected chi connectivity index (χ4v) is 5.91. The van der Waals surface area contributed by atoms with Crippen LogP contribution in [0.25, 0.3) is 22.0 Å². The van der Waals surface area contributed by atoms with Crippen LogP contribution in [0.1, 0.15) is 49.5 Å². The number of para-hydroxylation sites is 1. The molecule has 190 valence electrons. The SMILES string of the molecule is C[C@@H]1Cc2c([nH]c3ccccc23)[C@@H](c2cc3nc(CN4CC(CF)C4)oc3cc2F)N1CC(C)(C)F. The lowest BCUT2D eigenvalue weighted by atomic mass is 9.87. The summed E-state index contributed by atoms with van der Waals surface area (Å²) in [5, 5.41) is 1.12. The number of aromatic amines is 1. The van der Waals surface area contributed by atoms with Crippen molar-refractivity contribution in [2.24, 2.45) is 5.92 Å². The van der Waals surface area contributed by atoms with Crippen molar-refractivity contribution >= 4 is 22.0 Å². The average molecular weight is 497 g/mol. The third-order valence-corrected chi connectivity index (χ3v) is 7.53. The number of oxazole rings is 1. The van der Waals surface area contributed by atoms with Crippen LogP contribution in [0.3, 0.4) is 0 Å². The van der Waals surface area contributed by atoms with E-state index < -0.39 is 17.5 Å². The van der Waals surface area contributed by atoms with Gasteiger partial charge in [0, 0.05) is 59.8 Å². The Morgan fingerprint density at radius 3 is 2.72 bits per heavy atom. The zero-order valence-corrected chi connectivity index (χ0v) is 20.8. The summed E-state index contributed by atoms with van der Waals surface area (Å²) < 4.78 is 49.4. The van der Waals surface area contributed by atoms with Gasteiger partial charge in [0.15, 0.2) is 5.58 Å². The van der Waals surface area contributed by atoms with Gasteiger partial charge < -0.3 is 9.40 Å². The van der Waals surface area contributed by atoms with Crippen molar-refractivity contribution in [2.45, 2.75) is 51.5 Å². The number of rotatable bonds is 6. The number of aromatic nitrogens is 2. The smallest absolute Gasteiger partial charge is 0.209 e. The number of H-pyrrole nitrogens is 1. The minimum absolute atomic E-state index is 0.00886.